The van der Waals surface area contributed by atoms with Gasteiger partial charge in [-0.05, 0) is 31.0 Å². The lowest BCUT2D eigenvalue weighted by molar-refractivity contribution is 0.0697. The first-order chi connectivity index (χ1) is 9.06. The van der Waals surface area contributed by atoms with Crippen molar-refractivity contribution in [2.45, 2.75) is 38.1 Å². The van der Waals surface area contributed by atoms with Crippen LogP contribution in [0.2, 0.25) is 0 Å². The normalized spacial score (nSPS) is 16.1. The van der Waals surface area contributed by atoms with Crippen molar-refractivity contribution in [2.24, 2.45) is 0 Å². The van der Waals surface area contributed by atoms with E-state index in [0.29, 0.717) is 10.0 Å². The largest absolute Gasteiger partial charge is 0.478 e. The van der Waals surface area contributed by atoms with E-state index in [9.17, 15) is 9.59 Å². The molecule has 102 valence electrons. The zero-order chi connectivity index (χ0) is 13.8. The van der Waals surface area contributed by atoms with Gasteiger partial charge in [0.2, 0.25) is 0 Å². The Morgan fingerprint density at radius 3 is 2.37 bits per heavy atom. The Bertz CT molecular complexity index is 495. The fraction of sp³-hybridized carbons (Fsp3) is 0.429. The second-order valence-electron chi connectivity index (χ2n) is 4.84. The Labute approximate surface area is 120 Å². The van der Waals surface area contributed by atoms with Crippen LogP contribution in [0.3, 0.4) is 0 Å². The first-order valence-electron chi connectivity index (χ1n) is 6.41. The van der Waals surface area contributed by atoms with E-state index in [4.69, 9.17) is 5.11 Å². The predicted molar refractivity (Wildman–Crippen MR) is 75.4 cm³/mol. The molecular weight excluding hydrogens is 310 g/mol. The lowest BCUT2D eigenvalue weighted by Gasteiger charge is -2.22. The summed E-state index contributed by atoms with van der Waals surface area (Å²) in [5, 5.41) is 12.0. The van der Waals surface area contributed by atoms with E-state index in [-0.39, 0.29) is 17.5 Å². The molecule has 2 N–H and O–H groups in total. The van der Waals surface area contributed by atoms with Crippen LogP contribution in [0.4, 0.5) is 0 Å². The number of carbonyl (C=O) groups is 2. The third-order valence-electron chi connectivity index (χ3n) is 3.35. The summed E-state index contributed by atoms with van der Waals surface area (Å²) in [5.74, 6) is -1.23. The summed E-state index contributed by atoms with van der Waals surface area (Å²) in [4.78, 5) is 23.1. The van der Waals surface area contributed by atoms with Gasteiger partial charge in [-0.25, -0.2) is 4.79 Å². The molecule has 1 aromatic rings. The highest BCUT2D eigenvalue weighted by atomic mass is 79.9. The fourth-order valence-electron chi connectivity index (χ4n) is 2.36. The van der Waals surface area contributed by atoms with E-state index in [0.717, 1.165) is 25.7 Å². The maximum Gasteiger partial charge on any atom is 0.335 e. The number of benzene rings is 1. The molecule has 4 nitrogen and oxygen atoms in total. The van der Waals surface area contributed by atoms with Crippen molar-refractivity contribution in [3.05, 3.63) is 33.8 Å². The number of hydrogen-bond acceptors (Lipinski definition) is 2. The van der Waals surface area contributed by atoms with Crippen LogP contribution in [-0.4, -0.2) is 23.0 Å². The SMILES string of the molecule is O=C(O)c1cc(Br)cc(C(=O)NC2CCCCC2)c1. The molecule has 0 saturated heterocycles. The van der Waals surface area contributed by atoms with Crippen LogP contribution in [0.25, 0.3) is 0 Å². The topological polar surface area (TPSA) is 66.4 Å². The summed E-state index contributed by atoms with van der Waals surface area (Å²) in [6, 6.07) is 4.75. The smallest absolute Gasteiger partial charge is 0.335 e. The molecule has 1 aromatic carbocycles. The van der Waals surface area contributed by atoms with Crippen molar-refractivity contribution >= 4 is 27.8 Å². The van der Waals surface area contributed by atoms with Gasteiger partial charge in [0.1, 0.15) is 0 Å². The number of hydrogen-bond donors (Lipinski definition) is 2. The van der Waals surface area contributed by atoms with Crippen molar-refractivity contribution < 1.29 is 14.7 Å². The molecule has 1 aliphatic rings. The van der Waals surface area contributed by atoms with E-state index >= 15 is 0 Å². The van der Waals surface area contributed by atoms with Gasteiger partial charge in [0.15, 0.2) is 0 Å². The summed E-state index contributed by atoms with van der Waals surface area (Å²) < 4.78 is 0.598. The molecule has 5 heteroatoms. The molecule has 0 aromatic heterocycles. The van der Waals surface area contributed by atoms with Crippen molar-refractivity contribution in [1.82, 2.24) is 5.32 Å². The minimum atomic E-state index is -1.03. The van der Waals surface area contributed by atoms with Gasteiger partial charge in [-0.1, -0.05) is 35.2 Å². The van der Waals surface area contributed by atoms with Crippen LogP contribution >= 0.6 is 15.9 Å². The van der Waals surface area contributed by atoms with Gasteiger partial charge >= 0.3 is 5.97 Å². The molecule has 1 amide bonds. The van der Waals surface area contributed by atoms with Gasteiger partial charge in [-0.2, -0.15) is 0 Å². The van der Waals surface area contributed by atoms with Gasteiger partial charge in [0.05, 0.1) is 5.56 Å². The monoisotopic (exact) mass is 325 g/mol. The average Bonchev–Trinajstić information content (AvgIpc) is 2.39. The summed E-state index contributed by atoms with van der Waals surface area (Å²) in [7, 11) is 0. The molecule has 0 unspecified atom stereocenters. The highest BCUT2D eigenvalue weighted by Crippen LogP contribution is 2.19. The maximum atomic E-state index is 12.1. The average molecular weight is 326 g/mol. The van der Waals surface area contributed by atoms with Crippen LogP contribution in [0.5, 0.6) is 0 Å². The van der Waals surface area contributed by atoms with Crippen molar-refractivity contribution in [3.8, 4) is 0 Å². The number of carbonyl (C=O) groups excluding carboxylic acids is 1. The molecule has 1 saturated carbocycles. The molecule has 0 atom stereocenters. The summed E-state index contributed by atoms with van der Waals surface area (Å²) in [5.41, 5.74) is 0.500. The van der Waals surface area contributed by atoms with Gasteiger partial charge < -0.3 is 10.4 Å². The van der Waals surface area contributed by atoms with Gasteiger partial charge in [-0.3, -0.25) is 4.79 Å². The zero-order valence-corrected chi connectivity index (χ0v) is 12.1. The van der Waals surface area contributed by atoms with E-state index in [1.807, 2.05) is 0 Å². The van der Waals surface area contributed by atoms with Gasteiger partial charge in [0, 0.05) is 16.1 Å². The summed E-state index contributed by atoms with van der Waals surface area (Å²) >= 11 is 3.23. The molecule has 2 rings (SSSR count). The molecule has 0 spiro atoms. The quantitative estimate of drug-likeness (QED) is 0.896. The fourth-order valence-corrected chi connectivity index (χ4v) is 2.85. The minimum absolute atomic E-state index is 0.114. The number of carboxylic acid groups (broad SMARTS) is 1. The third-order valence-corrected chi connectivity index (χ3v) is 3.81. The van der Waals surface area contributed by atoms with Crippen LogP contribution in [0.1, 0.15) is 52.8 Å². The highest BCUT2D eigenvalue weighted by Gasteiger charge is 2.18. The van der Waals surface area contributed by atoms with E-state index in [2.05, 4.69) is 21.2 Å². The summed E-state index contributed by atoms with van der Waals surface area (Å²) in [6.45, 7) is 0. The van der Waals surface area contributed by atoms with Gasteiger partial charge in [0.25, 0.3) is 5.91 Å². The third kappa shape index (κ3) is 3.80. The molecule has 1 fully saturated rings. The molecule has 0 aliphatic heterocycles. The zero-order valence-electron chi connectivity index (χ0n) is 10.5. The Morgan fingerprint density at radius 2 is 1.74 bits per heavy atom. The highest BCUT2D eigenvalue weighted by molar-refractivity contribution is 9.10. The van der Waals surface area contributed by atoms with Crippen molar-refractivity contribution in [2.75, 3.05) is 0 Å². The number of halogens is 1. The van der Waals surface area contributed by atoms with Crippen molar-refractivity contribution in [1.29, 1.82) is 0 Å². The van der Waals surface area contributed by atoms with Gasteiger partial charge in [-0.15, -0.1) is 0 Å². The lowest BCUT2D eigenvalue weighted by Crippen LogP contribution is -2.36. The van der Waals surface area contributed by atoms with Crippen LogP contribution < -0.4 is 5.32 Å². The minimum Gasteiger partial charge on any atom is -0.478 e. The number of aromatic carboxylic acids is 1. The molecule has 19 heavy (non-hydrogen) atoms. The first kappa shape index (κ1) is 14.1. The van der Waals surface area contributed by atoms with Crippen LogP contribution in [0, 0.1) is 0 Å². The number of nitrogens with one attached hydrogen (secondary N) is 1. The standard InChI is InChI=1S/C14H16BrNO3/c15-11-7-9(6-10(8-11)14(18)19)13(17)16-12-4-2-1-3-5-12/h6-8,12H,1-5H2,(H,16,17)(H,18,19). The van der Waals surface area contributed by atoms with E-state index in [1.165, 1.54) is 18.6 Å². The van der Waals surface area contributed by atoms with E-state index in [1.54, 1.807) is 6.07 Å². The Morgan fingerprint density at radius 1 is 1.11 bits per heavy atom. The molecule has 0 radical (unpaired) electrons. The summed E-state index contributed by atoms with van der Waals surface area (Å²) in [6.07, 6.45) is 5.52. The number of carboxylic acids is 1. The first-order valence-corrected chi connectivity index (χ1v) is 7.20. The van der Waals surface area contributed by atoms with Crippen LogP contribution in [0.15, 0.2) is 22.7 Å². The second-order valence-corrected chi connectivity index (χ2v) is 5.76. The molecular formula is C14H16BrNO3. The van der Waals surface area contributed by atoms with Crippen LogP contribution in [-0.2, 0) is 0 Å². The number of rotatable bonds is 3. The molecule has 0 bridgehead atoms. The maximum absolute atomic E-state index is 12.1. The predicted octanol–water partition coefficient (Wildman–Crippen LogP) is 3.21. The lowest BCUT2D eigenvalue weighted by atomic mass is 9.95. The van der Waals surface area contributed by atoms with E-state index < -0.39 is 5.97 Å². The Kier molecular flexibility index (Phi) is 4.58. The molecule has 1 aliphatic carbocycles. The Hall–Kier alpha value is -1.36. The number of amides is 1. The second kappa shape index (κ2) is 6.19. The molecule has 0 heterocycles. The Balaban J connectivity index is 2.11. The van der Waals surface area contributed by atoms with Crippen molar-refractivity contribution in [3.63, 3.8) is 0 Å².